The average Bonchev–Trinajstić information content (AvgIpc) is 3.03. The van der Waals surface area contributed by atoms with Crippen LogP contribution in [0.2, 0.25) is 5.02 Å². The van der Waals surface area contributed by atoms with E-state index in [1.54, 1.807) is 0 Å². The summed E-state index contributed by atoms with van der Waals surface area (Å²) in [6.45, 7) is 10.7. The molecule has 0 bridgehead atoms. The molecule has 1 aliphatic heterocycles. The van der Waals surface area contributed by atoms with E-state index in [0.29, 0.717) is 31.3 Å². The van der Waals surface area contributed by atoms with Crippen molar-refractivity contribution in [3.8, 4) is 5.69 Å². The number of para-hydroxylation sites is 1. The molecule has 0 atom stereocenters. The topological polar surface area (TPSA) is 47.4 Å². The molecule has 140 valence electrons. The highest BCUT2D eigenvalue weighted by atomic mass is 35.5. The van der Waals surface area contributed by atoms with Crippen molar-refractivity contribution < 1.29 is 9.53 Å². The van der Waals surface area contributed by atoms with Gasteiger partial charge in [-0.2, -0.15) is 5.10 Å². The van der Waals surface area contributed by atoms with E-state index in [1.165, 1.54) is 0 Å². The molecule has 1 saturated heterocycles. The van der Waals surface area contributed by atoms with Gasteiger partial charge in [-0.15, -0.1) is 0 Å². The molecular weight excluding hydrogens is 350 g/mol. The van der Waals surface area contributed by atoms with E-state index in [2.05, 4.69) is 27.7 Å². The molecule has 1 fully saturated rings. The molecule has 0 radical (unpaired) electrons. The Morgan fingerprint density at radius 3 is 2.35 bits per heavy atom. The monoisotopic (exact) mass is 375 g/mol. The fraction of sp³-hybridized carbons (Fsp3) is 0.500. The molecule has 0 N–H and O–H groups in total. The molecule has 1 amide bonds. The number of nitrogens with zero attached hydrogens (tertiary/aromatic N) is 3. The number of hydrogen-bond donors (Lipinski definition) is 0. The Bertz CT molecular complexity index is 792. The van der Waals surface area contributed by atoms with Gasteiger partial charge in [0.15, 0.2) is 0 Å². The van der Waals surface area contributed by atoms with Gasteiger partial charge in [0.25, 0.3) is 5.91 Å². The maximum absolute atomic E-state index is 13.4. The number of benzene rings is 1. The minimum Gasteiger partial charge on any atom is -0.378 e. The third-order valence-corrected chi connectivity index (χ3v) is 4.95. The molecule has 1 aliphatic rings. The molecular formula is C20H26ClN3O2. The van der Waals surface area contributed by atoms with Crippen LogP contribution in [0.25, 0.3) is 5.69 Å². The summed E-state index contributed by atoms with van der Waals surface area (Å²) in [7, 11) is 0. The summed E-state index contributed by atoms with van der Waals surface area (Å²) in [5.74, 6) is 0.307. The lowest BCUT2D eigenvalue weighted by Crippen LogP contribution is -2.41. The van der Waals surface area contributed by atoms with Crippen LogP contribution in [0.5, 0.6) is 0 Å². The van der Waals surface area contributed by atoms with Crippen molar-refractivity contribution in [3.05, 3.63) is 46.2 Å². The van der Waals surface area contributed by atoms with Crippen LogP contribution in [0, 0.1) is 0 Å². The number of carbonyl (C=O) groups is 1. The van der Waals surface area contributed by atoms with E-state index < -0.39 is 0 Å². The molecule has 0 unspecified atom stereocenters. The number of amides is 1. The van der Waals surface area contributed by atoms with Gasteiger partial charge in [0.2, 0.25) is 0 Å². The average molecular weight is 376 g/mol. The molecule has 26 heavy (non-hydrogen) atoms. The van der Waals surface area contributed by atoms with Crippen LogP contribution >= 0.6 is 11.6 Å². The van der Waals surface area contributed by atoms with Crippen LogP contribution in [0.4, 0.5) is 0 Å². The van der Waals surface area contributed by atoms with Gasteiger partial charge < -0.3 is 9.64 Å². The van der Waals surface area contributed by atoms with Crippen molar-refractivity contribution in [1.29, 1.82) is 0 Å². The lowest BCUT2D eigenvalue weighted by molar-refractivity contribution is 0.0301. The SMILES string of the molecule is CC(C)c1nn(-c2ccccc2Cl)c(C(C)C)c1C(=O)N1CCOCC1. The highest BCUT2D eigenvalue weighted by Crippen LogP contribution is 2.33. The second-order valence-corrected chi connectivity index (χ2v) is 7.63. The van der Waals surface area contributed by atoms with Crippen molar-refractivity contribution in [1.82, 2.24) is 14.7 Å². The first-order chi connectivity index (χ1) is 12.4. The van der Waals surface area contributed by atoms with E-state index in [4.69, 9.17) is 21.4 Å². The molecule has 0 aliphatic carbocycles. The van der Waals surface area contributed by atoms with Crippen LogP contribution in [0.3, 0.4) is 0 Å². The van der Waals surface area contributed by atoms with E-state index in [9.17, 15) is 4.79 Å². The Kier molecular flexibility index (Phi) is 5.68. The van der Waals surface area contributed by atoms with Gasteiger partial charge in [0.1, 0.15) is 0 Å². The Hall–Kier alpha value is -1.85. The maximum atomic E-state index is 13.4. The van der Waals surface area contributed by atoms with Gasteiger partial charge in [0.05, 0.1) is 40.9 Å². The second kappa shape index (κ2) is 7.80. The van der Waals surface area contributed by atoms with Gasteiger partial charge >= 0.3 is 0 Å². The van der Waals surface area contributed by atoms with Crippen LogP contribution in [-0.4, -0.2) is 46.9 Å². The van der Waals surface area contributed by atoms with E-state index >= 15 is 0 Å². The Balaban J connectivity index is 2.19. The number of rotatable bonds is 4. The van der Waals surface area contributed by atoms with Gasteiger partial charge in [-0.25, -0.2) is 4.68 Å². The van der Waals surface area contributed by atoms with Gasteiger partial charge in [-0.1, -0.05) is 51.4 Å². The molecule has 0 spiro atoms. The highest BCUT2D eigenvalue weighted by Gasteiger charge is 2.31. The largest absolute Gasteiger partial charge is 0.378 e. The van der Waals surface area contributed by atoms with E-state index in [-0.39, 0.29) is 17.7 Å². The van der Waals surface area contributed by atoms with Crippen LogP contribution < -0.4 is 0 Å². The van der Waals surface area contributed by atoms with Crippen molar-refractivity contribution in [3.63, 3.8) is 0 Å². The molecule has 5 nitrogen and oxygen atoms in total. The first-order valence-electron chi connectivity index (χ1n) is 9.16. The molecule has 6 heteroatoms. The summed E-state index contributed by atoms with van der Waals surface area (Å²) in [6, 6.07) is 7.62. The van der Waals surface area contributed by atoms with Crippen molar-refractivity contribution in [2.24, 2.45) is 0 Å². The summed E-state index contributed by atoms with van der Waals surface area (Å²) < 4.78 is 7.26. The lowest BCUT2D eigenvalue weighted by atomic mass is 9.97. The Labute approximate surface area is 159 Å². The fourth-order valence-electron chi connectivity index (χ4n) is 3.34. The maximum Gasteiger partial charge on any atom is 0.257 e. The third kappa shape index (κ3) is 3.51. The quantitative estimate of drug-likeness (QED) is 0.802. The summed E-state index contributed by atoms with van der Waals surface area (Å²) in [5.41, 5.74) is 3.26. The number of hydrogen-bond acceptors (Lipinski definition) is 3. The summed E-state index contributed by atoms with van der Waals surface area (Å²) in [4.78, 5) is 15.2. The minimum atomic E-state index is 0.0407. The highest BCUT2D eigenvalue weighted by molar-refractivity contribution is 6.32. The third-order valence-electron chi connectivity index (χ3n) is 4.63. The van der Waals surface area contributed by atoms with E-state index in [1.807, 2.05) is 33.8 Å². The molecule has 1 aromatic heterocycles. The normalized spacial score (nSPS) is 15.1. The van der Waals surface area contributed by atoms with E-state index in [0.717, 1.165) is 22.6 Å². The zero-order valence-electron chi connectivity index (χ0n) is 15.8. The Morgan fingerprint density at radius 2 is 1.77 bits per heavy atom. The zero-order chi connectivity index (χ0) is 18.8. The smallest absolute Gasteiger partial charge is 0.257 e. The first kappa shape index (κ1) is 18.9. The first-order valence-corrected chi connectivity index (χ1v) is 9.54. The number of halogens is 1. The standard InChI is InChI=1S/C20H26ClN3O2/c1-13(2)18-17(20(25)23-9-11-26-12-10-23)19(14(3)4)24(22-18)16-8-6-5-7-15(16)21/h5-8,13-14H,9-12H2,1-4H3. The van der Waals surface area contributed by atoms with Crippen molar-refractivity contribution >= 4 is 17.5 Å². The van der Waals surface area contributed by atoms with Crippen LogP contribution in [-0.2, 0) is 4.74 Å². The van der Waals surface area contributed by atoms with Crippen LogP contribution in [0.15, 0.2) is 24.3 Å². The van der Waals surface area contributed by atoms with Crippen molar-refractivity contribution in [2.75, 3.05) is 26.3 Å². The number of carbonyl (C=O) groups excluding carboxylic acids is 1. The fourth-order valence-corrected chi connectivity index (χ4v) is 3.55. The summed E-state index contributed by atoms with van der Waals surface area (Å²) in [5, 5.41) is 5.45. The predicted molar refractivity (Wildman–Crippen MR) is 103 cm³/mol. The van der Waals surface area contributed by atoms with Crippen LogP contribution in [0.1, 0.15) is 61.3 Å². The zero-order valence-corrected chi connectivity index (χ0v) is 16.6. The molecule has 2 heterocycles. The number of ether oxygens (including phenoxy) is 1. The van der Waals surface area contributed by atoms with Gasteiger partial charge in [0, 0.05) is 13.1 Å². The molecule has 2 aromatic rings. The van der Waals surface area contributed by atoms with Crippen molar-refractivity contribution in [2.45, 2.75) is 39.5 Å². The molecule has 0 saturated carbocycles. The Morgan fingerprint density at radius 1 is 1.12 bits per heavy atom. The predicted octanol–water partition coefficient (Wildman–Crippen LogP) is 4.24. The molecule has 1 aromatic carbocycles. The van der Waals surface area contributed by atoms with Gasteiger partial charge in [-0.05, 0) is 24.0 Å². The number of aromatic nitrogens is 2. The minimum absolute atomic E-state index is 0.0407. The second-order valence-electron chi connectivity index (χ2n) is 7.22. The molecule has 3 rings (SSSR count). The summed E-state index contributed by atoms with van der Waals surface area (Å²) in [6.07, 6.45) is 0. The number of morpholine rings is 1. The van der Waals surface area contributed by atoms with Gasteiger partial charge in [-0.3, -0.25) is 4.79 Å². The lowest BCUT2D eigenvalue weighted by Gasteiger charge is -2.27. The summed E-state index contributed by atoms with van der Waals surface area (Å²) >= 11 is 6.43.